The van der Waals surface area contributed by atoms with E-state index in [4.69, 9.17) is 4.43 Å². The first-order valence-corrected chi connectivity index (χ1v) is 10.6. The normalized spacial score (nSPS) is 12.0. The van der Waals surface area contributed by atoms with Crippen LogP contribution >= 0.6 is 0 Å². The number of rotatable bonds is 4. The molecule has 127 valence electrons. The van der Waals surface area contributed by atoms with E-state index in [1.54, 1.807) is 0 Å². The largest absolute Gasteiger partial charge is 0.534 e. The van der Waals surface area contributed by atoms with Crippen molar-refractivity contribution >= 4 is 18.7 Å². The summed E-state index contributed by atoms with van der Waals surface area (Å²) in [6, 6.07) is 30.6. The van der Waals surface area contributed by atoms with Crippen LogP contribution in [0.3, 0.4) is 0 Å². The van der Waals surface area contributed by atoms with Gasteiger partial charge in [-0.05, 0) is 40.0 Å². The zero-order valence-electron chi connectivity index (χ0n) is 15.4. The lowest BCUT2D eigenvalue weighted by Gasteiger charge is -2.43. The second kappa shape index (κ2) is 6.89. The average molecular weight is 346 g/mol. The van der Waals surface area contributed by atoms with E-state index in [1.807, 2.05) is 12.1 Å². The lowest BCUT2D eigenvalue weighted by molar-refractivity contribution is 0.505. The monoisotopic (exact) mass is 345 g/mol. The van der Waals surface area contributed by atoms with Crippen molar-refractivity contribution in [3.05, 3.63) is 90.5 Å². The van der Waals surface area contributed by atoms with Crippen LogP contribution in [0.15, 0.2) is 78.9 Å². The third-order valence-electron chi connectivity index (χ3n) is 4.71. The van der Waals surface area contributed by atoms with E-state index < -0.39 is 8.32 Å². The van der Waals surface area contributed by atoms with Gasteiger partial charge in [-0.15, -0.1) is 0 Å². The lowest BCUT2D eigenvalue weighted by Crippen LogP contribution is -2.68. The minimum atomic E-state index is -2.54. The maximum Gasteiger partial charge on any atom is 0.319 e. The van der Waals surface area contributed by atoms with Gasteiger partial charge < -0.3 is 4.43 Å². The summed E-state index contributed by atoms with van der Waals surface area (Å²) >= 11 is 0. The van der Waals surface area contributed by atoms with Gasteiger partial charge in [0.15, 0.2) is 0 Å². The number of benzene rings is 3. The van der Waals surface area contributed by atoms with Crippen molar-refractivity contribution in [2.75, 3.05) is 0 Å². The molecule has 0 unspecified atom stereocenters. The number of aryl methyl sites for hydroxylation is 1. The third kappa shape index (κ3) is 3.27. The molecule has 0 amide bonds. The smallest absolute Gasteiger partial charge is 0.319 e. The molecule has 0 heterocycles. The Bertz CT molecular complexity index is 780. The van der Waals surface area contributed by atoms with E-state index >= 15 is 0 Å². The summed E-state index contributed by atoms with van der Waals surface area (Å²) in [7, 11) is -2.54. The Balaban J connectivity index is 2.28. The highest BCUT2D eigenvalue weighted by Gasteiger charge is 2.52. The van der Waals surface area contributed by atoms with Crippen LogP contribution in [0.4, 0.5) is 0 Å². The number of hydrogen-bond acceptors (Lipinski definition) is 1. The molecular formula is C23H25OSi. The van der Waals surface area contributed by atoms with Gasteiger partial charge in [0.2, 0.25) is 0 Å². The van der Waals surface area contributed by atoms with Crippen LogP contribution in [0.5, 0.6) is 5.75 Å². The average Bonchev–Trinajstić information content (AvgIpc) is 2.61. The Morgan fingerprint density at radius 3 is 1.76 bits per heavy atom. The SMILES string of the molecule is Cc1cc[c]cc1O[Si](c1ccccc1)(c1ccccc1)C(C)(C)C. The molecule has 0 bridgehead atoms. The van der Waals surface area contributed by atoms with Crippen molar-refractivity contribution in [1.82, 2.24) is 0 Å². The van der Waals surface area contributed by atoms with Gasteiger partial charge in [-0.25, -0.2) is 0 Å². The van der Waals surface area contributed by atoms with Gasteiger partial charge in [-0.2, -0.15) is 0 Å². The van der Waals surface area contributed by atoms with Gasteiger partial charge in [0.25, 0.3) is 0 Å². The molecule has 1 nitrogen and oxygen atoms in total. The van der Waals surface area contributed by atoms with Gasteiger partial charge in [0.05, 0.1) is 0 Å². The predicted octanol–water partition coefficient (Wildman–Crippen LogP) is 4.73. The third-order valence-corrected chi connectivity index (χ3v) is 9.64. The van der Waals surface area contributed by atoms with Crippen molar-refractivity contribution in [1.29, 1.82) is 0 Å². The lowest BCUT2D eigenvalue weighted by atomic mass is 10.2. The molecule has 0 aliphatic carbocycles. The molecule has 0 atom stereocenters. The minimum Gasteiger partial charge on any atom is -0.534 e. The fourth-order valence-electron chi connectivity index (χ4n) is 3.42. The van der Waals surface area contributed by atoms with E-state index in [-0.39, 0.29) is 5.04 Å². The maximum atomic E-state index is 6.98. The number of hydrogen-bond donors (Lipinski definition) is 0. The predicted molar refractivity (Wildman–Crippen MR) is 108 cm³/mol. The summed E-state index contributed by atoms with van der Waals surface area (Å²) in [5.74, 6) is 0.928. The molecule has 0 aliphatic rings. The fraction of sp³-hybridized carbons (Fsp3) is 0.217. The van der Waals surface area contributed by atoms with Crippen LogP contribution in [0.1, 0.15) is 26.3 Å². The first-order valence-electron chi connectivity index (χ1n) is 8.72. The summed E-state index contributed by atoms with van der Waals surface area (Å²) in [5, 5.41) is 2.55. The molecule has 3 rings (SSSR count). The highest BCUT2D eigenvalue weighted by atomic mass is 28.4. The Kier molecular flexibility index (Phi) is 4.82. The Hall–Kier alpha value is -2.32. The van der Waals surface area contributed by atoms with Crippen molar-refractivity contribution < 1.29 is 4.43 Å². The zero-order valence-corrected chi connectivity index (χ0v) is 16.4. The van der Waals surface area contributed by atoms with Crippen LogP contribution in [0.25, 0.3) is 0 Å². The van der Waals surface area contributed by atoms with Crippen LogP contribution in [0, 0.1) is 13.0 Å². The van der Waals surface area contributed by atoms with E-state index in [9.17, 15) is 0 Å². The second-order valence-corrected chi connectivity index (χ2v) is 11.7. The van der Waals surface area contributed by atoms with E-state index in [1.165, 1.54) is 10.4 Å². The quantitative estimate of drug-likeness (QED) is 0.621. The highest BCUT2D eigenvalue weighted by Crippen LogP contribution is 2.38. The molecule has 0 saturated heterocycles. The Morgan fingerprint density at radius 2 is 1.32 bits per heavy atom. The van der Waals surface area contributed by atoms with Gasteiger partial charge in [-0.1, -0.05) is 93.6 Å². The maximum absolute atomic E-state index is 6.98. The molecule has 3 aromatic carbocycles. The van der Waals surface area contributed by atoms with Gasteiger partial charge in [0, 0.05) is 0 Å². The second-order valence-electron chi connectivity index (χ2n) is 7.46. The molecule has 0 N–H and O–H groups in total. The van der Waals surface area contributed by atoms with Crippen LogP contribution in [-0.2, 0) is 0 Å². The van der Waals surface area contributed by atoms with Crippen molar-refractivity contribution in [2.24, 2.45) is 0 Å². The Labute approximate surface area is 152 Å². The van der Waals surface area contributed by atoms with E-state index in [0.717, 1.165) is 11.3 Å². The van der Waals surface area contributed by atoms with E-state index in [0.29, 0.717) is 0 Å². The molecule has 0 aromatic heterocycles. The first-order chi connectivity index (χ1) is 11.9. The van der Waals surface area contributed by atoms with Crippen LogP contribution < -0.4 is 14.8 Å². The standard InChI is InChI=1S/C23H25OSi/c1-19-13-11-12-18-22(19)24-25(23(2,3)4,20-14-7-5-8-15-20)21-16-9-6-10-17-21/h5-11,13-18H,1-4H3. The van der Waals surface area contributed by atoms with Gasteiger partial charge in [0.1, 0.15) is 5.75 Å². The summed E-state index contributed by atoms with van der Waals surface area (Å²) in [6.45, 7) is 8.98. The first kappa shape index (κ1) is 17.5. The molecule has 0 fully saturated rings. The summed E-state index contributed by atoms with van der Waals surface area (Å²) in [4.78, 5) is 0. The molecule has 3 aromatic rings. The van der Waals surface area contributed by atoms with Gasteiger partial charge >= 0.3 is 8.32 Å². The highest BCUT2D eigenvalue weighted by molar-refractivity contribution is 7.00. The summed E-state index contributed by atoms with van der Waals surface area (Å²) in [6.07, 6.45) is 0. The zero-order chi connectivity index (χ0) is 17.9. The summed E-state index contributed by atoms with van der Waals surface area (Å²) in [5.41, 5.74) is 1.15. The summed E-state index contributed by atoms with van der Waals surface area (Å²) < 4.78 is 6.98. The minimum absolute atomic E-state index is 0.0298. The van der Waals surface area contributed by atoms with Gasteiger partial charge in [-0.3, -0.25) is 0 Å². The van der Waals surface area contributed by atoms with E-state index in [2.05, 4.69) is 100 Å². The van der Waals surface area contributed by atoms with Crippen molar-refractivity contribution in [3.8, 4) is 5.75 Å². The molecular weight excluding hydrogens is 320 g/mol. The molecule has 25 heavy (non-hydrogen) atoms. The molecule has 0 spiro atoms. The Morgan fingerprint density at radius 1 is 0.800 bits per heavy atom. The van der Waals surface area contributed by atoms with Crippen molar-refractivity contribution in [2.45, 2.75) is 32.7 Å². The molecule has 0 saturated carbocycles. The molecule has 2 heteroatoms. The topological polar surface area (TPSA) is 9.23 Å². The van der Waals surface area contributed by atoms with Crippen LogP contribution in [-0.4, -0.2) is 8.32 Å². The molecule has 0 aliphatic heterocycles. The molecule has 1 radical (unpaired) electrons. The van der Waals surface area contributed by atoms with Crippen LogP contribution in [0.2, 0.25) is 5.04 Å². The fourth-order valence-corrected chi connectivity index (χ4v) is 7.90. The van der Waals surface area contributed by atoms with Crippen molar-refractivity contribution in [3.63, 3.8) is 0 Å².